The van der Waals surface area contributed by atoms with E-state index in [1.165, 1.54) is 51.9 Å². The van der Waals surface area contributed by atoms with Gasteiger partial charge >= 0.3 is 0 Å². The topological polar surface area (TPSA) is 21.1 Å². The number of quaternary nitrogens is 2. The molecule has 2 aliphatic rings. The zero-order valence-corrected chi connectivity index (χ0v) is 8.89. The van der Waals surface area contributed by atoms with Gasteiger partial charge in [-0.05, 0) is 18.8 Å². The highest BCUT2D eigenvalue weighted by atomic mass is 15.2. The van der Waals surface area contributed by atoms with Gasteiger partial charge < -0.3 is 10.2 Å². The summed E-state index contributed by atoms with van der Waals surface area (Å²) in [6.45, 7) is 8.07. The molecule has 2 aliphatic heterocycles. The first-order valence-electron chi connectivity index (χ1n) is 6.02. The molecule has 0 spiro atoms. The van der Waals surface area contributed by atoms with Gasteiger partial charge in [0.05, 0.1) is 32.2 Å². The van der Waals surface area contributed by atoms with E-state index in [4.69, 9.17) is 0 Å². The molecule has 2 rings (SSSR count). The number of nitrogens with two attached hydrogens (primary N) is 1. The van der Waals surface area contributed by atoms with Crippen molar-refractivity contribution in [3.8, 4) is 0 Å². The van der Waals surface area contributed by atoms with Crippen molar-refractivity contribution in [2.75, 3.05) is 26.2 Å². The van der Waals surface area contributed by atoms with Crippen molar-refractivity contribution in [1.29, 1.82) is 0 Å². The highest BCUT2D eigenvalue weighted by molar-refractivity contribution is 4.62. The SMILES string of the molecule is CC1CC[NH+](C2CC[NH2+]CC2)CC1. The van der Waals surface area contributed by atoms with Crippen molar-refractivity contribution in [2.24, 2.45) is 5.92 Å². The van der Waals surface area contributed by atoms with E-state index in [-0.39, 0.29) is 0 Å². The Hall–Kier alpha value is -0.0800. The van der Waals surface area contributed by atoms with Gasteiger partial charge in [0.25, 0.3) is 0 Å². The van der Waals surface area contributed by atoms with Gasteiger partial charge in [-0.3, -0.25) is 0 Å². The Bertz CT molecular complexity index is 144. The van der Waals surface area contributed by atoms with Crippen LogP contribution in [-0.4, -0.2) is 32.2 Å². The average Bonchev–Trinajstić information content (AvgIpc) is 2.20. The molecule has 2 fully saturated rings. The third kappa shape index (κ3) is 2.44. The quantitative estimate of drug-likeness (QED) is 0.523. The van der Waals surface area contributed by atoms with Crippen LogP contribution in [0.5, 0.6) is 0 Å². The minimum absolute atomic E-state index is 0.999. The lowest BCUT2D eigenvalue weighted by Gasteiger charge is -2.34. The Labute approximate surface area is 81.7 Å². The van der Waals surface area contributed by atoms with Crippen molar-refractivity contribution in [1.82, 2.24) is 0 Å². The summed E-state index contributed by atoms with van der Waals surface area (Å²) < 4.78 is 0. The smallest absolute Gasteiger partial charge is 0.0983 e. The lowest BCUT2D eigenvalue weighted by atomic mass is 9.95. The fourth-order valence-corrected chi connectivity index (χ4v) is 2.88. The summed E-state index contributed by atoms with van der Waals surface area (Å²) in [7, 11) is 0. The summed E-state index contributed by atoms with van der Waals surface area (Å²) >= 11 is 0. The van der Waals surface area contributed by atoms with Crippen LogP contribution in [0.2, 0.25) is 0 Å². The molecule has 0 aromatic rings. The fourth-order valence-electron chi connectivity index (χ4n) is 2.88. The van der Waals surface area contributed by atoms with Crippen molar-refractivity contribution < 1.29 is 10.2 Å². The Kier molecular flexibility index (Phi) is 3.23. The Morgan fingerprint density at radius 3 is 2.23 bits per heavy atom. The summed E-state index contributed by atoms with van der Waals surface area (Å²) in [5, 5.41) is 2.47. The predicted molar refractivity (Wildman–Crippen MR) is 53.8 cm³/mol. The standard InChI is InChI=1S/C11H22N2/c1-10-4-8-13(9-5-10)11-2-6-12-7-3-11/h10-12H,2-9H2,1H3/p+2. The van der Waals surface area contributed by atoms with Crippen LogP contribution in [0.1, 0.15) is 32.6 Å². The van der Waals surface area contributed by atoms with Crippen LogP contribution in [0, 0.1) is 5.92 Å². The molecule has 0 aromatic heterocycles. The molecule has 2 heteroatoms. The molecule has 0 radical (unpaired) electrons. The number of hydrogen-bond donors (Lipinski definition) is 2. The van der Waals surface area contributed by atoms with Crippen molar-refractivity contribution >= 4 is 0 Å². The van der Waals surface area contributed by atoms with Crippen LogP contribution in [0.25, 0.3) is 0 Å². The molecule has 0 bridgehead atoms. The Morgan fingerprint density at radius 1 is 1.00 bits per heavy atom. The molecule has 2 nitrogen and oxygen atoms in total. The molecular weight excluding hydrogens is 160 g/mol. The first-order valence-corrected chi connectivity index (χ1v) is 6.02. The Morgan fingerprint density at radius 2 is 1.62 bits per heavy atom. The monoisotopic (exact) mass is 184 g/mol. The minimum atomic E-state index is 0.999. The third-order valence-electron chi connectivity index (χ3n) is 3.93. The predicted octanol–water partition coefficient (Wildman–Crippen LogP) is -0.973. The second-order valence-electron chi connectivity index (χ2n) is 4.98. The van der Waals surface area contributed by atoms with Crippen molar-refractivity contribution in [2.45, 2.75) is 38.6 Å². The lowest BCUT2D eigenvalue weighted by Crippen LogP contribution is -3.18. The molecule has 0 amide bonds. The number of hydrogen-bond acceptors (Lipinski definition) is 0. The molecular formula is C11H24N2+2. The highest BCUT2D eigenvalue weighted by Gasteiger charge is 2.28. The van der Waals surface area contributed by atoms with Gasteiger partial charge in [-0.25, -0.2) is 0 Å². The van der Waals surface area contributed by atoms with Gasteiger partial charge in [-0.15, -0.1) is 0 Å². The van der Waals surface area contributed by atoms with Crippen LogP contribution in [0.15, 0.2) is 0 Å². The molecule has 2 heterocycles. The highest BCUT2D eigenvalue weighted by Crippen LogP contribution is 2.08. The van der Waals surface area contributed by atoms with E-state index >= 15 is 0 Å². The first kappa shape index (κ1) is 9.47. The maximum absolute atomic E-state index is 2.47. The summed E-state index contributed by atoms with van der Waals surface area (Å²) in [6, 6.07) is 1.01. The molecule has 0 atom stereocenters. The van der Waals surface area contributed by atoms with Gasteiger partial charge in [0.1, 0.15) is 0 Å². The largest absolute Gasteiger partial charge is 0.346 e. The van der Waals surface area contributed by atoms with E-state index in [2.05, 4.69) is 12.2 Å². The van der Waals surface area contributed by atoms with Crippen molar-refractivity contribution in [3.63, 3.8) is 0 Å². The number of likely N-dealkylation sites (tertiary alicyclic amines) is 1. The second kappa shape index (κ2) is 4.43. The Balaban J connectivity index is 1.79. The van der Waals surface area contributed by atoms with Gasteiger partial charge in [0.15, 0.2) is 0 Å². The maximum Gasteiger partial charge on any atom is 0.0983 e. The molecule has 76 valence electrons. The average molecular weight is 184 g/mol. The summed E-state index contributed by atoms with van der Waals surface area (Å²) in [6.07, 6.45) is 5.86. The van der Waals surface area contributed by atoms with Gasteiger partial charge in [-0.2, -0.15) is 0 Å². The van der Waals surface area contributed by atoms with Gasteiger partial charge in [-0.1, -0.05) is 6.92 Å². The molecule has 2 saturated heterocycles. The second-order valence-corrected chi connectivity index (χ2v) is 4.98. The van der Waals surface area contributed by atoms with E-state index in [0.717, 1.165) is 12.0 Å². The molecule has 13 heavy (non-hydrogen) atoms. The van der Waals surface area contributed by atoms with Crippen LogP contribution < -0.4 is 10.2 Å². The normalized spacial score (nSPS) is 37.6. The number of piperidine rings is 2. The number of rotatable bonds is 1. The molecule has 0 saturated carbocycles. The van der Waals surface area contributed by atoms with E-state index in [1.54, 1.807) is 0 Å². The summed E-state index contributed by atoms with van der Waals surface area (Å²) in [5.74, 6) is 0.999. The fraction of sp³-hybridized carbons (Fsp3) is 1.00. The van der Waals surface area contributed by atoms with E-state index < -0.39 is 0 Å². The lowest BCUT2D eigenvalue weighted by molar-refractivity contribution is -0.938. The van der Waals surface area contributed by atoms with Crippen LogP contribution in [-0.2, 0) is 0 Å². The number of nitrogens with one attached hydrogen (secondary N) is 1. The first-order chi connectivity index (χ1) is 6.36. The van der Waals surface area contributed by atoms with E-state index in [9.17, 15) is 0 Å². The summed E-state index contributed by atoms with van der Waals surface area (Å²) in [4.78, 5) is 1.92. The van der Waals surface area contributed by atoms with Gasteiger partial charge in [0.2, 0.25) is 0 Å². The molecule has 0 aromatic carbocycles. The van der Waals surface area contributed by atoms with Gasteiger partial charge in [0, 0.05) is 12.8 Å². The summed E-state index contributed by atoms with van der Waals surface area (Å²) in [5.41, 5.74) is 0. The molecule has 0 unspecified atom stereocenters. The maximum atomic E-state index is 2.47. The van der Waals surface area contributed by atoms with Crippen LogP contribution in [0.3, 0.4) is 0 Å². The van der Waals surface area contributed by atoms with Crippen LogP contribution in [0.4, 0.5) is 0 Å². The molecule has 3 N–H and O–H groups in total. The van der Waals surface area contributed by atoms with E-state index in [0.29, 0.717) is 0 Å². The minimum Gasteiger partial charge on any atom is -0.346 e. The van der Waals surface area contributed by atoms with Crippen molar-refractivity contribution in [3.05, 3.63) is 0 Å². The zero-order valence-electron chi connectivity index (χ0n) is 8.89. The molecule has 0 aliphatic carbocycles. The van der Waals surface area contributed by atoms with E-state index in [1.807, 2.05) is 4.90 Å². The third-order valence-corrected chi connectivity index (χ3v) is 3.93. The zero-order chi connectivity index (χ0) is 9.10. The van der Waals surface area contributed by atoms with Crippen LogP contribution >= 0.6 is 0 Å².